The van der Waals surface area contributed by atoms with Crippen LogP contribution in [-0.2, 0) is 5.75 Å². The number of para-hydroxylation sites is 1. The minimum Gasteiger partial charge on any atom is -0.493 e. The molecule has 0 saturated carbocycles. The molecule has 4 heteroatoms. The molecule has 0 saturated heterocycles. The van der Waals surface area contributed by atoms with Crippen LogP contribution in [0.1, 0.15) is 15.9 Å². The predicted octanol–water partition coefficient (Wildman–Crippen LogP) is 5.36. The topological polar surface area (TPSA) is 46.5 Å². The van der Waals surface area contributed by atoms with Gasteiger partial charge < -0.3 is 9.84 Å². The second-order valence-corrected chi connectivity index (χ2v) is 6.90. The molecule has 3 aromatic carbocycles. The maximum absolute atomic E-state index is 11.1. The van der Waals surface area contributed by atoms with Crippen LogP contribution in [0.25, 0.3) is 11.1 Å². The van der Waals surface area contributed by atoms with E-state index in [-0.39, 0.29) is 0 Å². The molecule has 0 aromatic heterocycles. The van der Waals surface area contributed by atoms with Crippen LogP contribution in [0.3, 0.4) is 0 Å². The fourth-order valence-corrected chi connectivity index (χ4v) is 3.32. The van der Waals surface area contributed by atoms with Crippen LogP contribution in [0.2, 0.25) is 0 Å². The van der Waals surface area contributed by atoms with E-state index >= 15 is 0 Å². The van der Waals surface area contributed by atoms with Crippen molar-refractivity contribution in [3.8, 4) is 16.9 Å². The van der Waals surface area contributed by atoms with Crippen molar-refractivity contribution < 1.29 is 14.6 Å². The second-order valence-electron chi connectivity index (χ2n) is 5.80. The fraction of sp³-hybridized carbons (Fsp3) is 0.136. The molecule has 1 N–H and O–H groups in total. The molecule has 0 bridgehead atoms. The summed E-state index contributed by atoms with van der Waals surface area (Å²) in [6.45, 7) is 0.689. The van der Waals surface area contributed by atoms with E-state index in [0.29, 0.717) is 12.2 Å². The Morgan fingerprint density at radius 1 is 0.885 bits per heavy atom. The molecular formula is C22H20O3S. The van der Waals surface area contributed by atoms with Crippen molar-refractivity contribution in [3.63, 3.8) is 0 Å². The van der Waals surface area contributed by atoms with Gasteiger partial charge in [-0.05, 0) is 41.0 Å². The number of thioether (sulfide) groups is 1. The Hall–Kier alpha value is -2.72. The summed E-state index contributed by atoms with van der Waals surface area (Å²) in [5.74, 6) is 1.85. The van der Waals surface area contributed by atoms with Gasteiger partial charge in [-0.25, -0.2) is 4.79 Å². The lowest BCUT2D eigenvalue weighted by Crippen LogP contribution is -2.00. The highest BCUT2D eigenvalue weighted by Gasteiger charge is 2.05. The highest BCUT2D eigenvalue weighted by Crippen LogP contribution is 2.22. The van der Waals surface area contributed by atoms with Gasteiger partial charge in [-0.3, -0.25) is 0 Å². The van der Waals surface area contributed by atoms with Crippen LogP contribution in [0.4, 0.5) is 0 Å². The summed E-state index contributed by atoms with van der Waals surface area (Å²) in [6, 6.07) is 25.1. The van der Waals surface area contributed by atoms with Crippen LogP contribution in [0.15, 0.2) is 78.9 Å². The summed E-state index contributed by atoms with van der Waals surface area (Å²) in [5.41, 5.74) is 3.49. The smallest absolute Gasteiger partial charge is 0.335 e. The van der Waals surface area contributed by atoms with Crippen molar-refractivity contribution in [2.24, 2.45) is 0 Å². The number of hydrogen-bond donors (Lipinski definition) is 1. The largest absolute Gasteiger partial charge is 0.493 e. The monoisotopic (exact) mass is 364 g/mol. The summed E-state index contributed by atoms with van der Waals surface area (Å²) in [5, 5.41) is 9.10. The fourth-order valence-electron chi connectivity index (χ4n) is 2.55. The van der Waals surface area contributed by atoms with E-state index in [1.807, 2.05) is 60.3 Å². The van der Waals surface area contributed by atoms with Gasteiger partial charge in [0.05, 0.1) is 12.2 Å². The van der Waals surface area contributed by atoms with Crippen molar-refractivity contribution in [2.75, 3.05) is 12.4 Å². The Morgan fingerprint density at radius 2 is 1.65 bits per heavy atom. The van der Waals surface area contributed by atoms with Gasteiger partial charge in [0.2, 0.25) is 0 Å². The summed E-state index contributed by atoms with van der Waals surface area (Å²) in [4.78, 5) is 11.1. The van der Waals surface area contributed by atoms with Crippen molar-refractivity contribution in [1.29, 1.82) is 0 Å². The number of hydrogen-bond acceptors (Lipinski definition) is 3. The van der Waals surface area contributed by atoms with Gasteiger partial charge >= 0.3 is 5.97 Å². The molecule has 0 unspecified atom stereocenters. The Kier molecular flexibility index (Phi) is 6.34. The Labute approximate surface area is 157 Å². The second kappa shape index (κ2) is 9.11. The van der Waals surface area contributed by atoms with Gasteiger partial charge in [0.25, 0.3) is 0 Å². The first-order valence-electron chi connectivity index (χ1n) is 8.40. The predicted molar refractivity (Wildman–Crippen MR) is 107 cm³/mol. The highest BCUT2D eigenvalue weighted by molar-refractivity contribution is 7.98. The van der Waals surface area contributed by atoms with E-state index in [1.54, 1.807) is 18.2 Å². The van der Waals surface area contributed by atoms with Gasteiger partial charge in [-0.15, -0.1) is 0 Å². The van der Waals surface area contributed by atoms with Crippen LogP contribution < -0.4 is 4.74 Å². The molecule has 0 radical (unpaired) electrons. The van der Waals surface area contributed by atoms with E-state index in [2.05, 4.69) is 12.1 Å². The van der Waals surface area contributed by atoms with Gasteiger partial charge in [0.15, 0.2) is 0 Å². The van der Waals surface area contributed by atoms with Gasteiger partial charge in [0, 0.05) is 11.5 Å². The van der Waals surface area contributed by atoms with Crippen molar-refractivity contribution in [3.05, 3.63) is 90.0 Å². The average molecular weight is 364 g/mol. The van der Waals surface area contributed by atoms with Gasteiger partial charge in [-0.2, -0.15) is 11.8 Å². The third-order valence-electron chi connectivity index (χ3n) is 3.91. The molecule has 3 nitrogen and oxygen atoms in total. The number of carboxylic acids is 1. The van der Waals surface area contributed by atoms with Crippen LogP contribution in [0, 0.1) is 0 Å². The van der Waals surface area contributed by atoms with Crippen molar-refractivity contribution in [1.82, 2.24) is 0 Å². The van der Waals surface area contributed by atoms with E-state index in [1.165, 1.54) is 5.56 Å². The number of aromatic carboxylic acids is 1. The van der Waals surface area contributed by atoms with Crippen molar-refractivity contribution >= 4 is 17.7 Å². The number of benzene rings is 3. The van der Waals surface area contributed by atoms with E-state index in [4.69, 9.17) is 9.84 Å². The minimum atomic E-state index is -0.905. The molecular weight excluding hydrogens is 344 g/mol. The van der Waals surface area contributed by atoms with Crippen LogP contribution in [0.5, 0.6) is 5.75 Å². The lowest BCUT2D eigenvalue weighted by Gasteiger charge is -2.07. The Balaban J connectivity index is 1.48. The molecule has 0 fully saturated rings. The third-order valence-corrected chi connectivity index (χ3v) is 4.90. The van der Waals surface area contributed by atoms with Crippen molar-refractivity contribution in [2.45, 2.75) is 5.75 Å². The SMILES string of the molecule is O=C(O)c1cccc(-c2ccc(CSCCOc3ccccc3)cc2)c1. The minimum absolute atomic E-state index is 0.306. The van der Waals surface area contributed by atoms with E-state index in [9.17, 15) is 4.79 Å². The standard InChI is InChI=1S/C22H20O3S/c23-22(24)20-6-4-5-19(15-20)18-11-9-17(10-12-18)16-26-14-13-25-21-7-2-1-3-8-21/h1-12,15H,13-14,16H2,(H,23,24). The average Bonchev–Trinajstić information content (AvgIpc) is 2.69. The molecule has 132 valence electrons. The molecule has 0 amide bonds. The molecule has 0 atom stereocenters. The maximum Gasteiger partial charge on any atom is 0.335 e. The molecule has 0 heterocycles. The lowest BCUT2D eigenvalue weighted by atomic mass is 10.0. The summed E-state index contributed by atoms with van der Waals surface area (Å²) in [7, 11) is 0. The molecule has 0 aliphatic rings. The summed E-state index contributed by atoms with van der Waals surface area (Å²) >= 11 is 1.83. The third kappa shape index (κ3) is 5.14. The molecule has 0 aliphatic heterocycles. The zero-order valence-corrected chi connectivity index (χ0v) is 15.1. The molecule has 26 heavy (non-hydrogen) atoms. The number of carboxylic acid groups (broad SMARTS) is 1. The van der Waals surface area contributed by atoms with E-state index < -0.39 is 5.97 Å². The first kappa shape index (κ1) is 18.1. The quantitative estimate of drug-likeness (QED) is 0.546. The normalized spacial score (nSPS) is 10.5. The Morgan fingerprint density at radius 3 is 2.38 bits per heavy atom. The van der Waals surface area contributed by atoms with Gasteiger partial charge in [-0.1, -0.05) is 54.6 Å². The molecule has 0 spiro atoms. The maximum atomic E-state index is 11.1. The number of rotatable bonds is 8. The molecule has 3 aromatic rings. The highest BCUT2D eigenvalue weighted by atomic mass is 32.2. The summed E-state index contributed by atoms with van der Waals surface area (Å²) < 4.78 is 5.68. The van der Waals surface area contributed by atoms with E-state index in [0.717, 1.165) is 28.4 Å². The van der Waals surface area contributed by atoms with Crippen LogP contribution in [-0.4, -0.2) is 23.4 Å². The van der Waals surface area contributed by atoms with Gasteiger partial charge in [0.1, 0.15) is 5.75 Å². The molecule has 3 rings (SSSR count). The number of carbonyl (C=O) groups is 1. The van der Waals surface area contributed by atoms with Crippen LogP contribution >= 0.6 is 11.8 Å². The Bertz CT molecular complexity index is 845. The first-order valence-corrected chi connectivity index (χ1v) is 9.56. The zero-order valence-electron chi connectivity index (χ0n) is 14.3. The number of ether oxygens (including phenoxy) is 1. The lowest BCUT2D eigenvalue weighted by molar-refractivity contribution is 0.0697. The first-order chi connectivity index (χ1) is 12.7. The zero-order chi connectivity index (χ0) is 18.2. The molecule has 0 aliphatic carbocycles. The summed E-state index contributed by atoms with van der Waals surface area (Å²) in [6.07, 6.45) is 0.